The van der Waals surface area contributed by atoms with Crippen LogP contribution in [0.1, 0.15) is 43.2 Å². The van der Waals surface area contributed by atoms with Gasteiger partial charge in [-0.1, -0.05) is 43.2 Å². The fraction of sp³-hybridized carbons (Fsp3) is 0.304. The van der Waals surface area contributed by atoms with E-state index in [4.69, 9.17) is 4.99 Å². The number of para-hydroxylation sites is 1. The van der Waals surface area contributed by atoms with Crippen molar-refractivity contribution in [3.8, 4) is 0 Å². The molecule has 0 radical (unpaired) electrons. The van der Waals surface area contributed by atoms with Crippen molar-refractivity contribution in [2.24, 2.45) is 4.99 Å². The summed E-state index contributed by atoms with van der Waals surface area (Å²) in [6.45, 7) is 0. The Kier molecular flexibility index (Phi) is 4.92. The highest BCUT2D eigenvalue weighted by atomic mass is 19.4. The van der Waals surface area contributed by atoms with Gasteiger partial charge in [-0.25, -0.2) is 0 Å². The highest BCUT2D eigenvalue weighted by Crippen LogP contribution is 2.35. The maximum Gasteiger partial charge on any atom is 0.417 e. The Bertz CT molecular complexity index is 1180. The van der Waals surface area contributed by atoms with Gasteiger partial charge in [-0.2, -0.15) is 18.3 Å². The van der Waals surface area contributed by atoms with Gasteiger partial charge in [0.05, 0.1) is 17.1 Å². The Hall–Kier alpha value is -3.29. The number of hydrogen-bond acceptors (Lipinski definition) is 4. The molecule has 1 saturated carbocycles. The summed E-state index contributed by atoms with van der Waals surface area (Å²) in [6.07, 6.45) is 0.332. The molecule has 3 aromatic rings. The molecular formula is C23H22F3N5. The lowest BCUT2D eigenvalue weighted by molar-refractivity contribution is -0.137. The van der Waals surface area contributed by atoms with Gasteiger partial charge in [0.15, 0.2) is 5.82 Å². The van der Waals surface area contributed by atoms with Gasteiger partial charge >= 0.3 is 6.18 Å². The lowest BCUT2D eigenvalue weighted by Crippen LogP contribution is -2.37. The largest absolute Gasteiger partial charge is 0.417 e. The number of alkyl halides is 3. The molecule has 3 N–H and O–H groups in total. The molecule has 2 aromatic carbocycles. The number of amidine groups is 1. The van der Waals surface area contributed by atoms with E-state index in [1.165, 1.54) is 12.1 Å². The van der Waals surface area contributed by atoms with Crippen LogP contribution < -0.4 is 10.6 Å². The monoisotopic (exact) mass is 425 g/mol. The van der Waals surface area contributed by atoms with E-state index in [0.717, 1.165) is 54.6 Å². The van der Waals surface area contributed by atoms with Crippen molar-refractivity contribution in [2.75, 3.05) is 5.32 Å². The van der Waals surface area contributed by atoms with Crippen LogP contribution in [0.4, 0.5) is 19.0 Å². The Labute approximate surface area is 177 Å². The Morgan fingerprint density at radius 3 is 2.65 bits per heavy atom. The number of fused-ring (bicyclic) bond motifs is 2. The van der Waals surface area contributed by atoms with Gasteiger partial charge in [0, 0.05) is 10.9 Å². The maximum absolute atomic E-state index is 13.7. The number of nitrogens with one attached hydrogen (secondary N) is 3. The summed E-state index contributed by atoms with van der Waals surface area (Å²) in [7, 11) is 0. The molecule has 1 atom stereocenters. The van der Waals surface area contributed by atoms with Gasteiger partial charge in [-0.15, -0.1) is 0 Å². The van der Waals surface area contributed by atoms with Gasteiger partial charge in [0.2, 0.25) is 0 Å². The van der Waals surface area contributed by atoms with Crippen molar-refractivity contribution < 1.29 is 13.2 Å². The van der Waals surface area contributed by atoms with E-state index in [9.17, 15) is 13.2 Å². The first kappa shape index (κ1) is 19.7. The zero-order chi connectivity index (χ0) is 21.4. The van der Waals surface area contributed by atoms with Crippen LogP contribution >= 0.6 is 0 Å². The molecule has 1 unspecified atom stereocenters. The van der Waals surface area contributed by atoms with Crippen LogP contribution in [0, 0.1) is 0 Å². The molecule has 2 heterocycles. The minimum absolute atomic E-state index is 0.0597. The van der Waals surface area contributed by atoms with Crippen molar-refractivity contribution in [2.45, 2.75) is 44.3 Å². The third kappa shape index (κ3) is 3.78. The maximum atomic E-state index is 13.7. The van der Waals surface area contributed by atoms with E-state index in [1.54, 1.807) is 6.07 Å². The summed E-state index contributed by atoms with van der Waals surface area (Å²) in [6, 6.07) is 13.2. The van der Waals surface area contributed by atoms with Crippen molar-refractivity contribution in [3.05, 3.63) is 71.1 Å². The third-order valence-electron chi connectivity index (χ3n) is 5.88. The number of hydrogen-bond donors (Lipinski definition) is 3. The van der Waals surface area contributed by atoms with Crippen molar-refractivity contribution in [3.63, 3.8) is 0 Å². The van der Waals surface area contributed by atoms with Gasteiger partial charge < -0.3 is 10.6 Å². The van der Waals surface area contributed by atoms with Crippen LogP contribution in [0.2, 0.25) is 0 Å². The zero-order valence-electron chi connectivity index (χ0n) is 16.8. The fourth-order valence-electron chi connectivity index (χ4n) is 4.35. The van der Waals surface area contributed by atoms with Crippen LogP contribution in [-0.2, 0) is 6.18 Å². The van der Waals surface area contributed by atoms with E-state index in [-0.39, 0.29) is 17.4 Å². The first-order valence-corrected chi connectivity index (χ1v) is 10.5. The minimum atomic E-state index is -4.46. The Morgan fingerprint density at radius 2 is 1.77 bits per heavy atom. The molecular weight excluding hydrogens is 403 g/mol. The van der Waals surface area contributed by atoms with Crippen molar-refractivity contribution in [1.82, 2.24) is 15.5 Å². The number of H-pyrrole nitrogens is 1. The topological polar surface area (TPSA) is 65.1 Å². The highest BCUT2D eigenvalue weighted by Gasteiger charge is 2.36. The molecule has 8 heteroatoms. The molecule has 0 saturated heterocycles. The van der Waals surface area contributed by atoms with Crippen molar-refractivity contribution >= 4 is 22.6 Å². The second-order valence-electron chi connectivity index (χ2n) is 7.90. The highest BCUT2D eigenvalue weighted by molar-refractivity contribution is 6.02. The number of benzene rings is 2. The first-order chi connectivity index (χ1) is 15.0. The molecule has 1 aromatic heterocycles. The van der Waals surface area contributed by atoms with E-state index in [0.29, 0.717) is 11.6 Å². The number of nitrogens with zero attached hydrogens (tertiary/aromatic N) is 2. The van der Waals surface area contributed by atoms with Crippen LogP contribution in [0.3, 0.4) is 0 Å². The lowest BCUT2D eigenvalue weighted by atomic mass is 9.98. The number of rotatable bonds is 3. The average Bonchev–Trinajstić information content (AvgIpc) is 3.00. The normalized spacial score (nSPS) is 19.5. The smallest absolute Gasteiger partial charge is 0.326 e. The van der Waals surface area contributed by atoms with E-state index < -0.39 is 11.7 Å². The Balaban J connectivity index is 1.56. The molecule has 1 aliphatic carbocycles. The molecule has 0 amide bonds. The lowest BCUT2D eigenvalue weighted by Gasteiger charge is -2.28. The standard InChI is InChI=1S/C23H22F3N5/c24-23(25,26)17-11-6-4-8-14(17)20-27-18-12-3-1-2-9-15(18)21(28-20)29-22-16-10-5-7-13-19(16)30-31-22/h4-8,10-11,13,18H,1-3,9,12H2,(H,27,28)(H2,29,30,31). The summed E-state index contributed by atoms with van der Waals surface area (Å²) < 4.78 is 41.0. The number of aromatic nitrogens is 2. The summed E-state index contributed by atoms with van der Waals surface area (Å²) in [5.41, 5.74) is 1.35. The van der Waals surface area contributed by atoms with E-state index in [2.05, 4.69) is 20.8 Å². The molecule has 31 heavy (non-hydrogen) atoms. The number of halogens is 3. The van der Waals surface area contributed by atoms with Crippen LogP contribution in [-0.4, -0.2) is 22.1 Å². The fourth-order valence-corrected chi connectivity index (χ4v) is 4.35. The first-order valence-electron chi connectivity index (χ1n) is 10.5. The van der Waals surface area contributed by atoms with Crippen LogP contribution in [0.15, 0.2) is 64.9 Å². The number of aromatic amines is 1. The predicted molar refractivity (Wildman–Crippen MR) is 115 cm³/mol. The van der Waals surface area contributed by atoms with Crippen molar-refractivity contribution in [1.29, 1.82) is 0 Å². The average molecular weight is 425 g/mol. The van der Waals surface area contributed by atoms with E-state index >= 15 is 0 Å². The summed E-state index contributed by atoms with van der Waals surface area (Å²) in [5.74, 6) is 1.57. The number of aliphatic imine (C=N–C) groups is 1. The SMILES string of the molecule is FC(F)(F)c1ccccc1C1=NC2CCCCCC2=C(Nc2n[nH]c3ccccc23)N1. The summed E-state index contributed by atoms with van der Waals surface area (Å²) in [5, 5.41) is 14.8. The molecule has 5 nitrogen and oxygen atoms in total. The minimum Gasteiger partial charge on any atom is -0.326 e. The van der Waals surface area contributed by atoms with Gasteiger partial charge in [-0.05, 0) is 43.0 Å². The van der Waals surface area contributed by atoms with Crippen LogP contribution in [0.5, 0.6) is 0 Å². The molecule has 0 bridgehead atoms. The number of anilines is 1. The van der Waals surface area contributed by atoms with Gasteiger partial charge in [0.25, 0.3) is 0 Å². The summed E-state index contributed by atoms with van der Waals surface area (Å²) in [4.78, 5) is 4.73. The molecule has 0 spiro atoms. The summed E-state index contributed by atoms with van der Waals surface area (Å²) >= 11 is 0. The van der Waals surface area contributed by atoms with Gasteiger partial charge in [0.1, 0.15) is 11.7 Å². The van der Waals surface area contributed by atoms with E-state index in [1.807, 2.05) is 24.3 Å². The predicted octanol–water partition coefficient (Wildman–Crippen LogP) is 5.59. The molecule has 5 rings (SSSR count). The molecule has 1 fully saturated rings. The van der Waals surface area contributed by atoms with Gasteiger partial charge in [-0.3, -0.25) is 10.1 Å². The molecule has 1 aliphatic heterocycles. The second-order valence-corrected chi connectivity index (χ2v) is 7.90. The Morgan fingerprint density at radius 1 is 0.968 bits per heavy atom. The van der Waals surface area contributed by atoms with Crippen LogP contribution in [0.25, 0.3) is 10.9 Å². The quantitative estimate of drug-likeness (QED) is 0.513. The molecule has 2 aliphatic rings. The second kappa shape index (κ2) is 7.76. The zero-order valence-corrected chi connectivity index (χ0v) is 16.8. The molecule has 160 valence electrons. The third-order valence-corrected chi connectivity index (χ3v) is 5.88.